The molecule has 0 fully saturated rings. The number of pyridine rings is 1. The van der Waals surface area contributed by atoms with E-state index in [9.17, 15) is 4.79 Å². The number of hydrogen-bond donors (Lipinski definition) is 3. The molecule has 0 unspecified atom stereocenters. The van der Waals surface area contributed by atoms with E-state index >= 15 is 0 Å². The highest BCUT2D eigenvalue weighted by Gasteiger charge is 2.14. The van der Waals surface area contributed by atoms with Crippen LogP contribution in [0, 0.1) is 6.92 Å². The number of hydrogen-bond acceptors (Lipinski definition) is 8. The Kier molecular flexibility index (Phi) is 7.56. The number of halogens is 1. The van der Waals surface area contributed by atoms with E-state index in [4.69, 9.17) is 11.6 Å². The van der Waals surface area contributed by atoms with E-state index < -0.39 is 0 Å². The molecule has 33 heavy (non-hydrogen) atoms. The van der Waals surface area contributed by atoms with Crippen molar-refractivity contribution in [2.45, 2.75) is 19.9 Å². The first-order valence-corrected chi connectivity index (χ1v) is 11.5. The molecule has 10 heteroatoms. The Morgan fingerprint density at radius 2 is 2.03 bits per heavy atom. The van der Waals surface area contributed by atoms with Crippen molar-refractivity contribution in [2.24, 2.45) is 0 Å². The third-order valence-corrected chi connectivity index (χ3v) is 5.99. The predicted molar refractivity (Wildman–Crippen MR) is 131 cm³/mol. The quantitative estimate of drug-likeness (QED) is 0.301. The SMILES string of the molecule is Cc1cccc(Cl)c1NC(=O)c1cnc(Nc2cc(CNCCc3cccnc3)ncn2)s1. The van der Waals surface area contributed by atoms with Gasteiger partial charge >= 0.3 is 0 Å². The van der Waals surface area contributed by atoms with Gasteiger partial charge in [-0.25, -0.2) is 15.0 Å². The number of nitrogens with zero attached hydrogens (tertiary/aromatic N) is 4. The van der Waals surface area contributed by atoms with E-state index in [1.807, 2.05) is 37.4 Å². The maximum atomic E-state index is 12.6. The van der Waals surface area contributed by atoms with Crippen molar-refractivity contribution in [3.63, 3.8) is 0 Å². The molecule has 3 N–H and O–H groups in total. The molecule has 0 bridgehead atoms. The molecule has 1 aromatic carbocycles. The van der Waals surface area contributed by atoms with E-state index in [-0.39, 0.29) is 5.91 Å². The highest BCUT2D eigenvalue weighted by molar-refractivity contribution is 7.17. The second-order valence-electron chi connectivity index (χ2n) is 7.22. The average molecular weight is 480 g/mol. The van der Waals surface area contributed by atoms with Gasteiger partial charge in [0.15, 0.2) is 5.13 Å². The van der Waals surface area contributed by atoms with Crippen LogP contribution in [0.1, 0.15) is 26.5 Å². The molecular formula is C23H22ClN7OS. The molecule has 0 aliphatic carbocycles. The molecular weight excluding hydrogens is 458 g/mol. The van der Waals surface area contributed by atoms with Crippen LogP contribution in [0.2, 0.25) is 5.02 Å². The van der Waals surface area contributed by atoms with Gasteiger partial charge in [0.05, 0.1) is 22.6 Å². The normalized spacial score (nSPS) is 10.7. The van der Waals surface area contributed by atoms with Gasteiger partial charge in [-0.1, -0.05) is 41.1 Å². The fraction of sp³-hybridized carbons (Fsp3) is 0.174. The van der Waals surface area contributed by atoms with Crippen LogP contribution in [0.5, 0.6) is 0 Å². The lowest BCUT2D eigenvalue weighted by atomic mass is 10.2. The van der Waals surface area contributed by atoms with Crippen LogP contribution in [0.15, 0.2) is 61.3 Å². The van der Waals surface area contributed by atoms with Crippen LogP contribution in [0.4, 0.5) is 16.6 Å². The first-order valence-electron chi connectivity index (χ1n) is 10.3. The van der Waals surface area contributed by atoms with Crippen LogP contribution in [-0.4, -0.2) is 32.4 Å². The Hall–Kier alpha value is -3.40. The highest BCUT2D eigenvalue weighted by atomic mass is 35.5. The van der Waals surface area contributed by atoms with Crippen molar-refractivity contribution >= 4 is 45.5 Å². The van der Waals surface area contributed by atoms with Crippen molar-refractivity contribution in [3.05, 3.63) is 88.0 Å². The summed E-state index contributed by atoms with van der Waals surface area (Å²) in [5.41, 5.74) is 3.52. The summed E-state index contributed by atoms with van der Waals surface area (Å²) in [6.07, 6.45) is 7.55. The Labute approximate surface area is 200 Å². The lowest BCUT2D eigenvalue weighted by Crippen LogP contribution is -2.17. The van der Waals surface area contributed by atoms with Crippen LogP contribution in [0.25, 0.3) is 0 Å². The van der Waals surface area contributed by atoms with E-state index in [0.717, 1.165) is 24.2 Å². The number of amides is 1. The van der Waals surface area contributed by atoms with Crippen LogP contribution < -0.4 is 16.0 Å². The molecule has 0 radical (unpaired) electrons. The fourth-order valence-electron chi connectivity index (χ4n) is 3.07. The number of thiazole rings is 1. The molecule has 8 nitrogen and oxygen atoms in total. The van der Waals surface area contributed by atoms with Gasteiger partial charge in [0.25, 0.3) is 5.91 Å². The zero-order chi connectivity index (χ0) is 23.0. The summed E-state index contributed by atoms with van der Waals surface area (Å²) >= 11 is 7.44. The molecule has 0 saturated carbocycles. The van der Waals surface area contributed by atoms with Crippen molar-refractivity contribution < 1.29 is 4.79 Å². The van der Waals surface area contributed by atoms with E-state index in [0.29, 0.717) is 33.1 Å². The third-order valence-electron chi connectivity index (χ3n) is 4.77. The first-order chi connectivity index (χ1) is 16.1. The molecule has 3 aromatic heterocycles. The summed E-state index contributed by atoms with van der Waals surface area (Å²) in [5.74, 6) is 0.343. The summed E-state index contributed by atoms with van der Waals surface area (Å²) in [7, 11) is 0. The Morgan fingerprint density at radius 3 is 2.85 bits per heavy atom. The zero-order valence-corrected chi connectivity index (χ0v) is 19.5. The van der Waals surface area contributed by atoms with Crippen molar-refractivity contribution in [3.8, 4) is 0 Å². The van der Waals surface area contributed by atoms with Gasteiger partial charge in [-0.05, 0) is 43.1 Å². The molecule has 4 rings (SSSR count). The number of rotatable bonds is 9. The topological polar surface area (TPSA) is 105 Å². The van der Waals surface area contributed by atoms with Crippen LogP contribution in [-0.2, 0) is 13.0 Å². The third kappa shape index (κ3) is 6.32. The Balaban J connectivity index is 1.32. The van der Waals surface area contributed by atoms with Gasteiger partial charge in [0.2, 0.25) is 0 Å². The number of nitrogens with one attached hydrogen (secondary N) is 3. The zero-order valence-electron chi connectivity index (χ0n) is 17.9. The molecule has 168 valence electrons. The summed E-state index contributed by atoms with van der Waals surface area (Å²) in [4.78, 5) is 30.0. The van der Waals surface area contributed by atoms with Gasteiger partial charge in [0, 0.05) is 25.0 Å². The molecule has 0 spiro atoms. The van der Waals surface area contributed by atoms with Crippen LogP contribution in [0.3, 0.4) is 0 Å². The number of benzene rings is 1. The number of aryl methyl sites for hydroxylation is 1. The molecule has 0 aliphatic rings. The minimum atomic E-state index is -0.266. The summed E-state index contributed by atoms with van der Waals surface area (Å²) in [6.45, 7) is 3.32. The number of anilines is 3. The molecule has 4 aromatic rings. The number of carbonyl (C=O) groups excluding carboxylic acids is 1. The fourth-order valence-corrected chi connectivity index (χ4v) is 4.06. The molecule has 0 saturated heterocycles. The Bertz CT molecular complexity index is 1210. The standard InChI is InChI=1S/C23H22ClN7OS/c1-15-4-2-6-18(24)21(15)31-22(32)19-13-27-23(33-19)30-20-10-17(28-14-29-20)12-26-9-7-16-5-3-8-25-11-16/h2-6,8,10-11,13-14,26H,7,9,12H2,1H3,(H,31,32)(H,27,28,29,30). The summed E-state index contributed by atoms with van der Waals surface area (Å²) < 4.78 is 0. The minimum absolute atomic E-state index is 0.266. The van der Waals surface area contributed by atoms with E-state index in [1.54, 1.807) is 12.3 Å². The second-order valence-corrected chi connectivity index (χ2v) is 8.66. The number of carbonyl (C=O) groups is 1. The lowest BCUT2D eigenvalue weighted by molar-refractivity contribution is 0.103. The first kappa shape index (κ1) is 22.8. The highest BCUT2D eigenvalue weighted by Crippen LogP contribution is 2.27. The maximum Gasteiger partial charge on any atom is 0.267 e. The van der Waals surface area contributed by atoms with Gasteiger partial charge in [0.1, 0.15) is 17.0 Å². The maximum absolute atomic E-state index is 12.6. The number of aromatic nitrogens is 4. The average Bonchev–Trinajstić information content (AvgIpc) is 3.29. The predicted octanol–water partition coefficient (Wildman–Crippen LogP) is 4.62. The number of para-hydroxylation sites is 1. The van der Waals surface area contributed by atoms with Gasteiger partial charge in [-0.2, -0.15) is 0 Å². The van der Waals surface area contributed by atoms with Crippen molar-refractivity contribution in [1.82, 2.24) is 25.3 Å². The van der Waals surface area contributed by atoms with Crippen LogP contribution >= 0.6 is 22.9 Å². The van der Waals surface area contributed by atoms with Crippen molar-refractivity contribution in [2.75, 3.05) is 17.2 Å². The molecule has 0 aliphatic heterocycles. The molecule has 0 atom stereocenters. The van der Waals surface area contributed by atoms with Crippen molar-refractivity contribution in [1.29, 1.82) is 0 Å². The molecule has 3 heterocycles. The molecule has 1 amide bonds. The smallest absolute Gasteiger partial charge is 0.267 e. The van der Waals surface area contributed by atoms with E-state index in [1.165, 1.54) is 29.4 Å². The second kappa shape index (κ2) is 11.0. The van der Waals surface area contributed by atoms with E-state index in [2.05, 4.69) is 42.0 Å². The summed E-state index contributed by atoms with van der Waals surface area (Å²) in [5, 5.41) is 10.4. The minimum Gasteiger partial charge on any atom is -0.320 e. The summed E-state index contributed by atoms with van der Waals surface area (Å²) in [6, 6.07) is 11.3. The van der Waals surface area contributed by atoms with Gasteiger partial charge in [-0.15, -0.1) is 0 Å². The van der Waals surface area contributed by atoms with Gasteiger partial charge in [-0.3, -0.25) is 9.78 Å². The van der Waals surface area contributed by atoms with Gasteiger partial charge < -0.3 is 16.0 Å². The largest absolute Gasteiger partial charge is 0.320 e. The Morgan fingerprint density at radius 1 is 1.12 bits per heavy atom. The monoisotopic (exact) mass is 479 g/mol. The lowest BCUT2D eigenvalue weighted by Gasteiger charge is -2.08.